The molecule has 2 radical (unpaired) electrons. The number of aliphatic hydroxyl groups is 1. The Bertz CT molecular complexity index is 1130. The van der Waals surface area contributed by atoms with Gasteiger partial charge in [-0.25, -0.2) is 22.4 Å². The molecule has 5 nitrogen and oxygen atoms in total. The maximum atomic E-state index is 12.5. The van der Waals surface area contributed by atoms with Crippen LogP contribution in [0.3, 0.4) is 0 Å². The molecule has 1 amide bonds. The highest BCUT2D eigenvalue weighted by atomic mass is 32.1. The monoisotopic (exact) mass is 657 g/mol. The van der Waals surface area contributed by atoms with Crippen molar-refractivity contribution in [3.8, 4) is 5.75 Å². The molecule has 0 saturated heterocycles. The van der Waals surface area contributed by atoms with E-state index in [4.69, 9.17) is 4.74 Å². The Morgan fingerprint density at radius 3 is 2.29 bits per heavy atom. The van der Waals surface area contributed by atoms with Crippen LogP contribution in [0.25, 0.3) is 0 Å². The number of halogens is 4. The van der Waals surface area contributed by atoms with Gasteiger partial charge >= 0.3 is 6.09 Å². The zero-order chi connectivity index (χ0) is 34.8. The average molecular weight is 658 g/mol. The van der Waals surface area contributed by atoms with Crippen LogP contribution in [0.2, 0.25) is 0 Å². The Hall–Kier alpha value is -2.01. The summed E-state index contributed by atoms with van der Waals surface area (Å²) in [6, 6.07) is 4.23. The number of hydrogen-bond acceptors (Lipinski definition) is 5. The number of aliphatic hydroxyl groups excluding tert-OH is 1. The summed E-state index contributed by atoms with van der Waals surface area (Å²) in [5, 5.41) is 12.0. The third-order valence-corrected chi connectivity index (χ3v) is 9.22. The number of fused-ring (bicyclic) bond motifs is 5. The molecule has 3 aliphatic carbocycles. The van der Waals surface area contributed by atoms with E-state index in [9.17, 15) is 32.3 Å². The van der Waals surface area contributed by atoms with E-state index in [1.54, 1.807) is 13.8 Å². The summed E-state index contributed by atoms with van der Waals surface area (Å²) in [6.07, 6.45) is 5.64. The fourth-order valence-electron chi connectivity index (χ4n) is 6.50. The van der Waals surface area contributed by atoms with Gasteiger partial charge < -0.3 is 15.2 Å². The van der Waals surface area contributed by atoms with Gasteiger partial charge in [0.2, 0.25) is 0 Å². The highest BCUT2D eigenvalue weighted by molar-refractivity contribution is 7.80. The molecule has 3 aliphatic rings. The van der Waals surface area contributed by atoms with Crippen LogP contribution in [0.1, 0.15) is 109 Å². The van der Waals surface area contributed by atoms with Gasteiger partial charge in [-0.2, -0.15) is 12.6 Å². The molecular weight excluding hydrogens is 605 g/mol. The van der Waals surface area contributed by atoms with E-state index in [0.717, 1.165) is 44.1 Å². The quantitative estimate of drug-likeness (QED) is 0.119. The number of hydrogen-bond donors (Lipinski definition) is 3. The number of aryl methyl sites for hydroxylation is 2. The maximum Gasteiger partial charge on any atom is 0.413 e. The second-order valence-electron chi connectivity index (χ2n) is 13.1. The van der Waals surface area contributed by atoms with E-state index < -0.39 is 29.8 Å². The standard InChI is InChI=1S/C24H33NO4.C5H7BF4S.C3H8.C2H4/c1-14-11-18-15(12-20(14)29-22(28)25-23(2,3)13-26)5-6-17-16(18)9-10-24(4)19(17)7-8-21(24)27;6-5(9,10)4(7,8)2-1-3-11;1-3-2;1-2/h11-12,16-17,19,26H,5-10,13H2,1-4H3,(H,25,28);11H,1-3H2;3H2,1-2H3;1-2H2. The Kier molecular flexibility index (Phi) is 15.7. The fraction of sp³-hybridized carbons (Fsp3) is 0.706. The largest absolute Gasteiger partial charge is 0.413 e. The third-order valence-electron chi connectivity index (χ3n) is 8.90. The first-order valence-electron chi connectivity index (χ1n) is 15.8. The molecule has 1 aromatic rings. The lowest BCUT2D eigenvalue weighted by molar-refractivity contribution is -0.161. The van der Waals surface area contributed by atoms with Gasteiger partial charge in [-0.1, -0.05) is 33.3 Å². The Morgan fingerprint density at radius 2 is 1.76 bits per heavy atom. The zero-order valence-electron chi connectivity index (χ0n) is 27.8. The lowest BCUT2D eigenvalue weighted by Crippen LogP contribution is -2.47. The molecule has 11 heteroatoms. The van der Waals surface area contributed by atoms with Crippen molar-refractivity contribution < 1.29 is 37.0 Å². The van der Waals surface area contributed by atoms with Crippen molar-refractivity contribution in [2.45, 2.75) is 123 Å². The van der Waals surface area contributed by atoms with Gasteiger partial charge in [-0.3, -0.25) is 4.79 Å². The Balaban J connectivity index is 0.000000532. The summed E-state index contributed by atoms with van der Waals surface area (Å²) >= 11 is 3.61. The molecular formula is C34H52BF4NO4S. The van der Waals surface area contributed by atoms with Gasteiger partial charge in [0.25, 0.3) is 11.7 Å². The first-order valence-corrected chi connectivity index (χ1v) is 16.4. The van der Waals surface area contributed by atoms with Crippen LogP contribution in [-0.2, 0) is 11.2 Å². The number of nitrogens with one attached hydrogen (secondary N) is 1. The van der Waals surface area contributed by atoms with E-state index in [-0.39, 0.29) is 24.2 Å². The minimum absolute atomic E-state index is 0.0805. The molecule has 4 rings (SSSR count). The Labute approximate surface area is 274 Å². The first kappa shape index (κ1) is 41.0. The van der Waals surface area contributed by atoms with E-state index in [0.29, 0.717) is 29.3 Å². The summed E-state index contributed by atoms with van der Waals surface area (Å²) in [5.41, 5.74) is 2.80. The van der Waals surface area contributed by atoms with Crippen molar-refractivity contribution in [2.24, 2.45) is 17.3 Å². The Morgan fingerprint density at radius 1 is 1.16 bits per heavy atom. The van der Waals surface area contributed by atoms with Gasteiger partial charge in [-0.15, -0.1) is 13.2 Å². The van der Waals surface area contributed by atoms with Crippen molar-refractivity contribution in [2.75, 3.05) is 12.4 Å². The number of benzene rings is 1. The second kappa shape index (κ2) is 17.2. The highest BCUT2D eigenvalue weighted by Gasteiger charge is 2.54. The van der Waals surface area contributed by atoms with E-state index in [1.165, 1.54) is 17.5 Å². The summed E-state index contributed by atoms with van der Waals surface area (Å²) < 4.78 is 53.6. The lowest BCUT2D eigenvalue weighted by Gasteiger charge is -2.48. The summed E-state index contributed by atoms with van der Waals surface area (Å²) in [6.45, 7) is 17.8. The third kappa shape index (κ3) is 10.5. The first-order chi connectivity index (χ1) is 20.9. The number of carbonyl (C=O) groups excluding carboxylic acids is 2. The number of alkyl halides is 4. The van der Waals surface area contributed by atoms with Crippen molar-refractivity contribution in [3.05, 3.63) is 42.0 Å². The normalized spacial score (nSPS) is 23.7. The molecule has 0 aliphatic heterocycles. The van der Waals surface area contributed by atoms with Crippen LogP contribution in [0.15, 0.2) is 25.3 Å². The van der Waals surface area contributed by atoms with Crippen LogP contribution in [-0.4, -0.2) is 54.5 Å². The van der Waals surface area contributed by atoms with Crippen LogP contribution < -0.4 is 10.1 Å². The number of ether oxygens (including phenoxy) is 1. The summed E-state index contributed by atoms with van der Waals surface area (Å²) in [4.78, 5) is 24.8. The molecule has 254 valence electrons. The smallest absolute Gasteiger partial charge is 0.410 e. The van der Waals surface area contributed by atoms with E-state index >= 15 is 0 Å². The predicted molar refractivity (Wildman–Crippen MR) is 177 cm³/mol. The lowest BCUT2D eigenvalue weighted by atomic mass is 9.55. The zero-order valence-corrected chi connectivity index (χ0v) is 28.7. The number of rotatable bonds is 7. The number of carbonyl (C=O) groups is 2. The van der Waals surface area contributed by atoms with Crippen LogP contribution in [0.4, 0.5) is 22.4 Å². The minimum Gasteiger partial charge on any atom is -0.410 e. The van der Waals surface area contributed by atoms with Gasteiger partial charge in [-0.05, 0) is 106 Å². The molecule has 45 heavy (non-hydrogen) atoms. The SMILES string of the molecule is C=C.CCC.Cc1cc2c(cc1OC(=O)NC(C)(C)CO)CCC1C2CCC2(C)C(=O)CCC12.[B]C(F)(F)C(F)(F)CCCS. The van der Waals surface area contributed by atoms with Gasteiger partial charge in [0.15, 0.2) is 7.85 Å². The van der Waals surface area contributed by atoms with E-state index in [2.05, 4.69) is 65.8 Å². The number of ketones is 1. The topological polar surface area (TPSA) is 75.6 Å². The van der Waals surface area contributed by atoms with Gasteiger partial charge in [0, 0.05) is 18.3 Å². The van der Waals surface area contributed by atoms with Gasteiger partial charge in [0.05, 0.1) is 12.1 Å². The molecule has 0 heterocycles. The molecule has 0 spiro atoms. The minimum atomic E-state index is -4.42. The average Bonchev–Trinajstić information content (AvgIpc) is 3.27. The summed E-state index contributed by atoms with van der Waals surface area (Å²) in [5.74, 6) is -5.71. The van der Waals surface area contributed by atoms with Gasteiger partial charge in [0.1, 0.15) is 11.5 Å². The molecule has 2 fully saturated rings. The van der Waals surface area contributed by atoms with Crippen LogP contribution >= 0.6 is 12.6 Å². The molecule has 2 N–H and O–H groups in total. The van der Waals surface area contributed by atoms with Crippen LogP contribution in [0, 0.1) is 24.2 Å². The number of thiol groups is 1. The fourth-order valence-corrected chi connectivity index (χ4v) is 6.66. The van der Waals surface area contributed by atoms with Crippen molar-refractivity contribution in [3.63, 3.8) is 0 Å². The van der Waals surface area contributed by atoms with Crippen molar-refractivity contribution in [1.82, 2.24) is 5.32 Å². The molecule has 0 bridgehead atoms. The maximum absolute atomic E-state index is 12.5. The van der Waals surface area contributed by atoms with Crippen LogP contribution in [0.5, 0.6) is 5.75 Å². The number of amides is 1. The number of Topliss-reactive ketones (excluding diaryl/α,β-unsaturated/α-hetero) is 1. The molecule has 4 unspecified atom stereocenters. The molecule has 0 aromatic heterocycles. The second-order valence-corrected chi connectivity index (χ2v) is 13.5. The van der Waals surface area contributed by atoms with Crippen molar-refractivity contribution in [1.29, 1.82) is 0 Å². The molecule has 1 aromatic carbocycles. The molecule has 2 saturated carbocycles. The molecule has 4 atom stereocenters. The highest BCUT2D eigenvalue weighted by Crippen LogP contribution is 2.59. The van der Waals surface area contributed by atoms with Crippen molar-refractivity contribution >= 4 is 32.4 Å². The predicted octanol–water partition coefficient (Wildman–Crippen LogP) is 8.59. The summed E-state index contributed by atoms with van der Waals surface area (Å²) in [7, 11) is 3.95. The van der Waals surface area contributed by atoms with E-state index in [1.807, 2.05) is 13.0 Å².